The fraction of sp³-hybridized carbons (Fsp3) is 0.542. The van der Waals surface area contributed by atoms with Crippen LogP contribution in [-0.2, 0) is 20.7 Å². The van der Waals surface area contributed by atoms with Crippen LogP contribution in [0, 0.1) is 11.7 Å². The molecular formula is C24H30FN3O4. The van der Waals surface area contributed by atoms with Crippen molar-refractivity contribution in [3.05, 3.63) is 47.3 Å². The van der Waals surface area contributed by atoms with E-state index in [1.54, 1.807) is 23.1 Å². The van der Waals surface area contributed by atoms with Crippen LogP contribution in [0.4, 0.5) is 9.18 Å². The first-order valence-corrected chi connectivity index (χ1v) is 11.2. The maximum Gasteiger partial charge on any atom is 0.325 e. The zero-order valence-corrected chi connectivity index (χ0v) is 18.6. The lowest BCUT2D eigenvalue weighted by Gasteiger charge is -2.41. The predicted octanol–water partition coefficient (Wildman–Crippen LogP) is 2.65. The van der Waals surface area contributed by atoms with Crippen molar-refractivity contribution >= 4 is 17.8 Å². The molecular weight excluding hydrogens is 413 g/mol. The number of carbonyl (C=O) groups excluding carboxylic acids is 3. The minimum absolute atomic E-state index is 0.0254. The largest absolute Gasteiger partial charge is 0.379 e. The van der Waals surface area contributed by atoms with Crippen molar-refractivity contribution in [2.45, 2.75) is 51.1 Å². The molecule has 1 aromatic rings. The van der Waals surface area contributed by atoms with Gasteiger partial charge in [-0.2, -0.15) is 0 Å². The van der Waals surface area contributed by atoms with Crippen LogP contribution in [-0.4, -0.2) is 65.5 Å². The minimum atomic E-state index is -1.11. The highest BCUT2D eigenvalue weighted by atomic mass is 19.1. The lowest BCUT2D eigenvalue weighted by Crippen LogP contribution is -2.58. The molecule has 3 heterocycles. The summed E-state index contributed by atoms with van der Waals surface area (Å²) in [5.41, 5.74) is 0.619. The second-order valence-electron chi connectivity index (χ2n) is 9.22. The van der Waals surface area contributed by atoms with Gasteiger partial charge in [0.15, 0.2) is 0 Å². The van der Waals surface area contributed by atoms with Crippen molar-refractivity contribution in [2.75, 3.05) is 26.3 Å². The van der Waals surface area contributed by atoms with Crippen molar-refractivity contribution in [1.29, 1.82) is 0 Å². The summed E-state index contributed by atoms with van der Waals surface area (Å²) in [6, 6.07) is 5.39. The Morgan fingerprint density at radius 1 is 1.19 bits per heavy atom. The van der Waals surface area contributed by atoms with Gasteiger partial charge in [0.2, 0.25) is 5.91 Å². The lowest BCUT2D eigenvalue weighted by atomic mass is 9.73. The Kier molecular flexibility index (Phi) is 6.33. The van der Waals surface area contributed by atoms with Crippen molar-refractivity contribution in [1.82, 2.24) is 15.1 Å². The first kappa shape index (κ1) is 22.5. The van der Waals surface area contributed by atoms with Gasteiger partial charge in [0.25, 0.3) is 5.91 Å². The maximum atomic E-state index is 13.8. The van der Waals surface area contributed by atoms with E-state index in [1.165, 1.54) is 17.0 Å². The predicted molar refractivity (Wildman–Crippen MR) is 116 cm³/mol. The van der Waals surface area contributed by atoms with E-state index in [1.807, 2.05) is 13.8 Å². The Morgan fingerprint density at radius 2 is 1.88 bits per heavy atom. The summed E-state index contributed by atoms with van der Waals surface area (Å²) in [6.07, 6.45) is 3.74. The average Bonchev–Trinajstić information content (AvgIpc) is 3.36. The molecule has 2 atom stereocenters. The summed E-state index contributed by atoms with van der Waals surface area (Å²) in [7, 11) is 0. The Bertz CT molecular complexity index is 914. The number of amides is 4. The topological polar surface area (TPSA) is 79.0 Å². The lowest BCUT2D eigenvalue weighted by molar-refractivity contribution is -0.136. The highest BCUT2D eigenvalue weighted by Gasteiger charge is 2.57. The van der Waals surface area contributed by atoms with E-state index in [0.717, 1.165) is 11.1 Å². The zero-order chi connectivity index (χ0) is 22.9. The molecule has 1 aromatic carbocycles. The zero-order valence-electron chi connectivity index (χ0n) is 18.6. The van der Waals surface area contributed by atoms with Gasteiger partial charge in [-0.3, -0.25) is 14.5 Å². The van der Waals surface area contributed by atoms with Gasteiger partial charge in [-0.15, -0.1) is 0 Å². The molecule has 3 saturated heterocycles. The molecule has 172 valence electrons. The number of piperidine rings is 1. The third-order valence-corrected chi connectivity index (χ3v) is 6.73. The molecule has 8 heteroatoms. The van der Waals surface area contributed by atoms with E-state index in [2.05, 4.69) is 5.32 Å². The van der Waals surface area contributed by atoms with Crippen LogP contribution >= 0.6 is 0 Å². The second kappa shape index (κ2) is 9.02. The molecule has 3 aliphatic rings. The van der Waals surface area contributed by atoms with Crippen LogP contribution in [0.25, 0.3) is 0 Å². The van der Waals surface area contributed by atoms with E-state index < -0.39 is 11.6 Å². The molecule has 4 amide bonds. The number of nitrogens with one attached hydrogen (secondary N) is 1. The van der Waals surface area contributed by atoms with Gasteiger partial charge in [-0.25, -0.2) is 9.18 Å². The smallest absolute Gasteiger partial charge is 0.325 e. The molecule has 0 radical (unpaired) electrons. The van der Waals surface area contributed by atoms with E-state index in [9.17, 15) is 18.8 Å². The van der Waals surface area contributed by atoms with Gasteiger partial charge in [0.05, 0.1) is 12.6 Å². The molecule has 0 bridgehead atoms. The van der Waals surface area contributed by atoms with Crippen molar-refractivity contribution < 1.29 is 23.5 Å². The van der Waals surface area contributed by atoms with Crippen LogP contribution in [0.3, 0.4) is 0 Å². The summed E-state index contributed by atoms with van der Waals surface area (Å²) in [6.45, 7) is 5.69. The van der Waals surface area contributed by atoms with Gasteiger partial charge in [-0.1, -0.05) is 17.7 Å². The Hall–Kier alpha value is -2.74. The SMILES string of the molecule is CC(C)=CC(=O)N1CCC(C2(Cc3ccc(F)cc3)NC(=O)N(C3CCOC3)C2=O)CC1. The number of urea groups is 1. The number of hydrogen-bond acceptors (Lipinski definition) is 4. The highest BCUT2D eigenvalue weighted by Crippen LogP contribution is 2.38. The normalized spacial score (nSPS) is 26.4. The highest BCUT2D eigenvalue weighted by molar-refractivity contribution is 6.07. The van der Waals surface area contributed by atoms with Gasteiger partial charge >= 0.3 is 6.03 Å². The van der Waals surface area contributed by atoms with Crippen LogP contribution < -0.4 is 5.32 Å². The molecule has 32 heavy (non-hydrogen) atoms. The number of imide groups is 1. The van der Waals surface area contributed by atoms with Crippen LogP contribution in [0.5, 0.6) is 0 Å². The van der Waals surface area contributed by atoms with Crippen LogP contribution in [0.15, 0.2) is 35.9 Å². The number of ether oxygens (including phenoxy) is 1. The standard InChI is InChI=1S/C24H30FN3O4/c1-16(2)13-21(29)27-10-7-18(8-11-27)24(14-17-3-5-19(25)6-4-17)22(30)28(23(31)26-24)20-9-12-32-15-20/h3-6,13,18,20H,7-12,14-15H2,1-2H3,(H,26,31). The maximum absolute atomic E-state index is 13.8. The molecule has 7 nitrogen and oxygen atoms in total. The van der Waals surface area contributed by atoms with Crippen molar-refractivity contribution in [3.8, 4) is 0 Å². The summed E-state index contributed by atoms with van der Waals surface area (Å²) < 4.78 is 18.9. The Labute approximate surface area is 187 Å². The van der Waals surface area contributed by atoms with E-state index in [0.29, 0.717) is 45.6 Å². The summed E-state index contributed by atoms with van der Waals surface area (Å²) in [4.78, 5) is 42.3. The molecule has 2 unspecified atom stereocenters. The number of likely N-dealkylation sites (tertiary alicyclic amines) is 1. The van der Waals surface area contributed by atoms with Gasteiger partial charge < -0.3 is 15.0 Å². The third kappa shape index (κ3) is 4.28. The molecule has 1 N–H and O–H groups in total. The number of nitrogens with zero attached hydrogens (tertiary/aromatic N) is 2. The second-order valence-corrected chi connectivity index (χ2v) is 9.22. The number of rotatable bonds is 5. The monoisotopic (exact) mass is 443 g/mol. The molecule has 0 saturated carbocycles. The summed E-state index contributed by atoms with van der Waals surface area (Å²) >= 11 is 0. The minimum Gasteiger partial charge on any atom is -0.379 e. The first-order valence-electron chi connectivity index (χ1n) is 11.2. The van der Waals surface area contributed by atoms with E-state index in [-0.39, 0.29) is 36.0 Å². The molecule has 0 spiro atoms. The first-order chi connectivity index (χ1) is 15.3. The third-order valence-electron chi connectivity index (χ3n) is 6.73. The van der Waals surface area contributed by atoms with Crippen LogP contribution in [0.2, 0.25) is 0 Å². The van der Waals surface area contributed by atoms with Gasteiger partial charge in [0, 0.05) is 32.2 Å². The van der Waals surface area contributed by atoms with Gasteiger partial charge in [0.1, 0.15) is 11.4 Å². The van der Waals surface area contributed by atoms with Crippen molar-refractivity contribution in [2.24, 2.45) is 5.92 Å². The molecule has 3 aliphatic heterocycles. The molecule has 3 fully saturated rings. The summed E-state index contributed by atoms with van der Waals surface area (Å²) in [5, 5.41) is 3.03. The fourth-order valence-electron chi connectivity index (χ4n) is 5.07. The summed E-state index contributed by atoms with van der Waals surface area (Å²) in [5.74, 6) is -0.744. The Balaban J connectivity index is 1.59. The Morgan fingerprint density at radius 3 is 2.47 bits per heavy atom. The van der Waals surface area contributed by atoms with Crippen LogP contribution in [0.1, 0.15) is 38.7 Å². The van der Waals surface area contributed by atoms with Gasteiger partial charge in [-0.05, 0) is 56.7 Å². The van der Waals surface area contributed by atoms with E-state index in [4.69, 9.17) is 4.74 Å². The molecule has 0 aliphatic carbocycles. The number of allylic oxidation sites excluding steroid dienone is 1. The van der Waals surface area contributed by atoms with E-state index >= 15 is 0 Å². The molecule has 4 rings (SSSR count). The number of benzene rings is 1. The number of halogens is 1. The number of hydrogen-bond donors (Lipinski definition) is 1. The average molecular weight is 444 g/mol. The van der Waals surface area contributed by atoms with Crippen molar-refractivity contribution in [3.63, 3.8) is 0 Å². The number of carbonyl (C=O) groups is 3. The molecule has 0 aromatic heterocycles. The quantitative estimate of drug-likeness (QED) is 0.561. The fourth-order valence-corrected chi connectivity index (χ4v) is 5.07.